The number of carbonyl (C=O) groups is 2. The van der Waals surface area contributed by atoms with Crippen molar-refractivity contribution in [1.82, 2.24) is 10.2 Å². The summed E-state index contributed by atoms with van der Waals surface area (Å²) in [6.45, 7) is 3.34. The molecule has 0 aliphatic carbocycles. The van der Waals surface area contributed by atoms with Crippen molar-refractivity contribution in [3.8, 4) is 0 Å². The van der Waals surface area contributed by atoms with E-state index in [4.69, 9.17) is 11.6 Å². The zero-order chi connectivity index (χ0) is 15.4. The summed E-state index contributed by atoms with van der Waals surface area (Å²) < 4.78 is 0. The van der Waals surface area contributed by atoms with Crippen LogP contribution in [0.2, 0.25) is 5.02 Å². The molecule has 2 amide bonds. The van der Waals surface area contributed by atoms with Crippen LogP contribution in [0, 0.1) is 5.92 Å². The molecule has 1 aliphatic rings. The lowest BCUT2D eigenvalue weighted by Crippen LogP contribution is -2.39. The van der Waals surface area contributed by atoms with Crippen LogP contribution in [0.4, 0.5) is 0 Å². The van der Waals surface area contributed by atoms with Gasteiger partial charge in [0.1, 0.15) is 0 Å². The molecule has 2 rings (SSSR count). The Morgan fingerprint density at radius 2 is 2.19 bits per heavy atom. The van der Waals surface area contributed by atoms with Crippen LogP contribution in [0.3, 0.4) is 0 Å². The molecule has 1 saturated heterocycles. The van der Waals surface area contributed by atoms with Crippen molar-refractivity contribution in [3.05, 3.63) is 34.9 Å². The van der Waals surface area contributed by atoms with E-state index in [0.717, 1.165) is 13.0 Å². The van der Waals surface area contributed by atoms with E-state index in [1.165, 1.54) is 0 Å². The molecule has 2 N–H and O–H groups in total. The van der Waals surface area contributed by atoms with Gasteiger partial charge in [0.05, 0.1) is 23.2 Å². The highest BCUT2D eigenvalue weighted by Gasteiger charge is 2.27. The van der Waals surface area contributed by atoms with Crippen molar-refractivity contribution in [2.24, 2.45) is 5.92 Å². The Bertz CT molecular complexity index is 533. The van der Waals surface area contributed by atoms with Gasteiger partial charge in [-0.2, -0.15) is 0 Å². The van der Waals surface area contributed by atoms with Crippen LogP contribution < -0.4 is 5.32 Å². The van der Waals surface area contributed by atoms with Gasteiger partial charge in [0.2, 0.25) is 5.91 Å². The summed E-state index contributed by atoms with van der Waals surface area (Å²) >= 11 is 5.92. The minimum Gasteiger partial charge on any atom is -0.393 e. The fourth-order valence-corrected chi connectivity index (χ4v) is 2.70. The highest BCUT2D eigenvalue weighted by Crippen LogP contribution is 2.19. The monoisotopic (exact) mass is 310 g/mol. The van der Waals surface area contributed by atoms with Crippen LogP contribution in [0.5, 0.6) is 0 Å². The molecule has 2 unspecified atom stereocenters. The number of amides is 2. The van der Waals surface area contributed by atoms with E-state index in [-0.39, 0.29) is 30.0 Å². The molecule has 5 nitrogen and oxygen atoms in total. The first-order valence-electron chi connectivity index (χ1n) is 6.96. The third-order valence-electron chi connectivity index (χ3n) is 3.73. The van der Waals surface area contributed by atoms with Crippen LogP contribution in [0.1, 0.15) is 23.7 Å². The van der Waals surface area contributed by atoms with Crippen LogP contribution >= 0.6 is 11.6 Å². The maximum atomic E-state index is 11.9. The second kappa shape index (κ2) is 7.02. The molecule has 6 heteroatoms. The number of aliphatic hydroxyl groups excluding tert-OH is 1. The number of aliphatic hydroxyl groups is 1. The van der Waals surface area contributed by atoms with E-state index in [1.54, 1.807) is 31.2 Å². The smallest absolute Gasteiger partial charge is 0.259 e. The first-order valence-corrected chi connectivity index (χ1v) is 7.34. The molecule has 114 valence electrons. The van der Waals surface area contributed by atoms with Crippen LogP contribution in [-0.2, 0) is 4.79 Å². The van der Waals surface area contributed by atoms with Gasteiger partial charge in [0.25, 0.3) is 5.91 Å². The highest BCUT2D eigenvalue weighted by atomic mass is 35.5. The number of halogens is 1. The minimum absolute atomic E-state index is 0.152. The van der Waals surface area contributed by atoms with Gasteiger partial charge in [-0.25, -0.2) is 0 Å². The van der Waals surface area contributed by atoms with Gasteiger partial charge in [-0.3, -0.25) is 19.8 Å². The van der Waals surface area contributed by atoms with E-state index in [2.05, 4.69) is 5.32 Å². The minimum atomic E-state index is -0.489. The van der Waals surface area contributed by atoms with Crippen molar-refractivity contribution < 1.29 is 14.7 Å². The van der Waals surface area contributed by atoms with E-state index in [9.17, 15) is 14.7 Å². The zero-order valence-electron chi connectivity index (χ0n) is 11.9. The summed E-state index contributed by atoms with van der Waals surface area (Å²) in [5, 5.41) is 12.2. The molecule has 0 bridgehead atoms. The number of likely N-dealkylation sites (tertiary alicyclic amines) is 1. The number of nitrogens with zero attached hydrogens (tertiary/aromatic N) is 1. The van der Waals surface area contributed by atoms with E-state index >= 15 is 0 Å². The summed E-state index contributed by atoms with van der Waals surface area (Å²) in [6.07, 6.45) is 0.492. The molecular weight excluding hydrogens is 292 g/mol. The lowest BCUT2D eigenvalue weighted by Gasteiger charge is -2.16. The maximum Gasteiger partial charge on any atom is 0.259 e. The van der Waals surface area contributed by atoms with Crippen molar-refractivity contribution in [1.29, 1.82) is 0 Å². The maximum absolute atomic E-state index is 11.9. The Balaban J connectivity index is 1.85. The number of carbonyl (C=O) groups excluding carboxylic acids is 2. The van der Waals surface area contributed by atoms with E-state index in [1.807, 2.05) is 4.90 Å². The number of benzene rings is 1. The van der Waals surface area contributed by atoms with E-state index < -0.39 is 5.91 Å². The molecule has 21 heavy (non-hydrogen) atoms. The lowest BCUT2D eigenvalue weighted by atomic mass is 10.0. The molecule has 1 fully saturated rings. The number of imide groups is 1. The van der Waals surface area contributed by atoms with Gasteiger partial charge in [-0.05, 0) is 37.9 Å². The van der Waals surface area contributed by atoms with Crippen molar-refractivity contribution >= 4 is 23.4 Å². The van der Waals surface area contributed by atoms with Gasteiger partial charge in [0, 0.05) is 6.54 Å². The zero-order valence-corrected chi connectivity index (χ0v) is 12.6. The van der Waals surface area contributed by atoms with Gasteiger partial charge in [-0.1, -0.05) is 23.7 Å². The average Bonchev–Trinajstić information content (AvgIpc) is 2.87. The predicted molar refractivity (Wildman–Crippen MR) is 80.2 cm³/mol. The number of rotatable bonds is 4. The van der Waals surface area contributed by atoms with Crippen LogP contribution in [-0.4, -0.2) is 47.6 Å². The first-order chi connectivity index (χ1) is 9.97. The molecule has 2 atom stereocenters. The molecule has 1 aromatic rings. The standard InChI is InChI=1S/C15H19ClN2O3/c1-10(19)11-6-7-18(8-11)9-14(20)17-15(21)12-4-2-3-5-13(12)16/h2-5,10-11,19H,6-9H2,1H3,(H,17,20,21). The van der Waals surface area contributed by atoms with E-state index in [0.29, 0.717) is 11.6 Å². The quantitative estimate of drug-likeness (QED) is 0.879. The molecule has 1 heterocycles. The second-order valence-electron chi connectivity index (χ2n) is 5.38. The highest BCUT2D eigenvalue weighted by molar-refractivity contribution is 6.34. The predicted octanol–water partition coefficient (Wildman–Crippen LogP) is 1.30. The molecule has 0 spiro atoms. The van der Waals surface area contributed by atoms with Gasteiger partial charge in [0.15, 0.2) is 0 Å². The third-order valence-corrected chi connectivity index (χ3v) is 4.06. The topological polar surface area (TPSA) is 69.6 Å². The first kappa shape index (κ1) is 15.9. The number of nitrogens with one attached hydrogen (secondary N) is 1. The summed E-state index contributed by atoms with van der Waals surface area (Å²) in [7, 11) is 0. The summed E-state index contributed by atoms with van der Waals surface area (Å²) in [6, 6.07) is 6.60. The summed E-state index contributed by atoms with van der Waals surface area (Å²) in [5.74, 6) is -0.653. The molecule has 0 saturated carbocycles. The largest absolute Gasteiger partial charge is 0.393 e. The lowest BCUT2D eigenvalue weighted by molar-refractivity contribution is -0.121. The molecular formula is C15H19ClN2O3. The number of hydrogen-bond acceptors (Lipinski definition) is 4. The number of hydrogen-bond donors (Lipinski definition) is 2. The van der Waals surface area contributed by atoms with Crippen LogP contribution in [0.15, 0.2) is 24.3 Å². The van der Waals surface area contributed by atoms with Gasteiger partial charge in [-0.15, -0.1) is 0 Å². The van der Waals surface area contributed by atoms with Crippen molar-refractivity contribution in [2.45, 2.75) is 19.4 Å². The fraction of sp³-hybridized carbons (Fsp3) is 0.467. The van der Waals surface area contributed by atoms with Gasteiger partial charge < -0.3 is 5.11 Å². The Hall–Kier alpha value is -1.43. The fourth-order valence-electron chi connectivity index (χ4n) is 2.48. The summed E-state index contributed by atoms with van der Waals surface area (Å²) in [5.41, 5.74) is 0.288. The molecule has 1 aromatic carbocycles. The van der Waals surface area contributed by atoms with Crippen molar-refractivity contribution in [2.75, 3.05) is 19.6 Å². The van der Waals surface area contributed by atoms with Gasteiger partial charge >= 0.3 is 0 Å². The molecule has 0 aromatic heterocycles. The second-order valence-corrected chi connectivity index (χ2v) is 5.79. The third kappa shape index (κ3) is 4.27. The summed E-state index contributed by atoms with van der Waals surface area (Å²) in [4.78, 5) is 25.8. The average molecular weight is 311 g/mol. The van der Waals surface area contributed by atoms with Crippen LogP contribution in [0.25, 0.3) is 0 Å². The Morgan fingerprint density at radius 1 is 1.48 bits per heavy atom. The Labute approximate surface area is 128 Å². The normalized spacial score (nSPS) is 20.2. The molecule has 0 radical (unpaired) electrons. The van der Waals surface area contributed by atoms with Crippen molar-refractivity contribution in [3.63, 3.8) is 0 Å². The Kier molecular flexibility index (Phi) is 5.33. The Morgan fingerprint density at radius 3 is 2.81 bits per heavy atom. The molecule has 1 aliphatic heterocycles. The SMILES string of the molecule is CC(O)C1CCN(CC(=O)NC(=O)c2ccccc2Cl)C1.